The second kappa shape index (κ2) is 12.7. The van der Waals surface area contributed by atoms with Crippen LogP contribution in [0.4, 0.5) is 0 Å². The van der Waals surface area contributed by atoms with Gasteiger partial charge >= 0.3 is 0 Å². The van der Waals surface area contributed by atoms with Crippen LogP contribution in [0.25, 0.3) is 0 Å². The van der Waals surface area contributed by atoms with Crippen molar-refractivity contribution in [2.24, 2.45) is 4.99 Å². The van der Waals surface area contributed by atoms with Gasteiger partial charge in [-0.2, -0.15) is 0 Å². The van der Waals surface area contributed by atoms with E-state index in [0.29, 0.717) is 4.48 Å². The van der Waals surface area contributed by atoms with Crippen molar-refractivity contribution in [3.05, 3.63) is 12.7 Å². The average molecular weight is 338 g/mol. The number of nitrogens with zero attached hydrogens (tertiary/aromatic N) is 2. The van der Waals surface area contributed by atoms with Crippen molar-refractivity contribution >= 4 is 5.84 Å². The summed E-state index contributed by atoms with van der Waals surface area (Å²) in [7, 11) is 0. The summed E-state index contributed by atoms with van der Waals surface area (Å²) in [6.45, 7) is 10.7. The van der Waals surface area contributed by atoms with E-state index in [0.717, 1.165) is 26.1 Å². The summed E-state index contributed by atoms with van der Waals surface area (Å²) in [5, 5.41) is 10.2. The van der Waals surface area contributed by atoms with Gasteiger partial charge in [-0.15, -0.1) is 6.58 Å². The van der Waals surface area contributed by atoms with Gasteiger partial charge in [-0.25, -0.2) is 4.99 Å². The Morgan fingerprint density at radius 3 is 2.08 bits per heavy atom. The Hall–Kier alpha value is -0.670. The van der Waals surface area contributed by atoms with Crippen LogP contribution < -0.4 is 0 Å². The van der Waals surface area contributed by atoms with Gasteiger partial charge in [0.15, 0.2) is 6.23 Å². The van der Waals surface area contributed by atoms with Crippen molar-refractivity contribution in [3.8, 4) is 0 Å². The Labute approximate surface area is 150 Å². The van der Waals surface area contributed by atoms with E-state index in [1.165, 1.54) is 76.5 Å². The first kappa shape index (κ1) is 21.4. The van der Waals surface area contributed by atoms with Crippen molar-refractivity contribution in [3.63, 3.8) is 0 Å². The van der Waals surface area contributed by atoms with Crippen LogP contribution in [0, 0.1) is 0 Å². The lowest BCUT2D eigenvalue weighted by Gasteiger charge is -2.36. The maximum Gasteiger partial charge on any atom is 0.200 e. The molecule has 0 aromatic carbocycles. The zero-order chi connectivity index (χ0) is 17.7. The molecule has 0 spiro atoms. The number of allylic oxidation sites excluding steroid dienone is 1. The molecule has 0 saturated carbocycles. The second-order valence-corrected chi connectivity index (χ2v) is 7.37. The highest BCUT2D eigenvalue weighted by atomic mass is 16.3. The SMILES string of the molecule is C=CCCCCCCCCCCCCC1=NCC[N+]1(CC)C(C)O. The third kappa shape index (κ3) is 7.06. The van der Waals surface area contributed by atoms with Gasteiger partial charge in [0.25, 0.3) is 0 Å². The molecule has 2 unspecified atom stereocenters. The molecular weight excluding hydrogens is 296 g/mol. The summed E-state index contributed by atoms with van der Waals surface area (Å²) in [5.74, 6) is 1.24. The third-order valence-electron chi connectivity index (χ3n) is 5.65. The van der Waals surface area contributed by atoms with E-state index in [-0.39, 0.29) is 6.23 Å². The van der Waals surface area contributed by atoms with Crippen LogP contribution in [0.3, 0.4) is 0 Å². The van der Waals surface area contributed by atoms with Crippen molar-refractivity contribution in [2.45, 2.75) is 97.1 Å². The minimum atomic E-state index is -0.317. The van der Waals surface area contributed by atoms with E-state index in [4.69, 9.17) is 4.99 Å². The molecule has 1 aliphatic rings. The maximum absolute atomic E-state index is 10.2. The molecule has 1 N–H and O–H groups in total. The molecule has 3 heteroatoms. The van der Waals surface area contributed by atoms with Crippen LogP contribution in [-0.4, -0.2) is 41.3 Å². The Bertz CT molecular complexity index is 365. The highest BCUT2D eigenvalue weighted by Crippen LogP contribution is 2.23. The molecule has 0 saturated heterocycles. The highest BCUT2D eigenvalue weighted by molar-refractivity contribution is 5.76. The first-order valence-corrected chi connectivity index (χ1v) is 10.4. The number of aliphatic hydroxyl groups excluding tert-OH is 1. The fourth-order valence-electron chi connectivity index (χ4n) is 3.92. The lowest BCUT2D eigenvalue weighted by molar-refractivity contribution is -0.882. The van der Waals surface area contributed by atoms with Crippen molar-refractivity contribution in [2.75, 3.05) is 19.6 Å². The van der Waals surface area contributed by atoms with Gasteiger partial charge in [0.2, 0.25) is 5.84 Å². The molecular formula is C21H41N2O+. The molecule has 0 radical (unpaired) electrons. The minimum Gasteiger partial charge on any atom is -0.345 e. The normalized spacial score (nSPS) is 21.7. The third-order valence-corrected chi connectivity index (χ3v) is 5.65. The molecule has 1 heterocycles. The fraction of sp³-hybridized carbons (Fsp3) is 0.857. The topological polar surface area (TPSA) is 32.6 Å². The zero-order valence-corrected chi connectivity index (χ0v) is 16.3. The molecule has 0 amide bonds. The van der Waals surface area contributed by atoms with Gasteiger partial charge in [-0.3, -0.25) is 4.48 Å². The van der Waals surface area contributed by atoms with Gasteiger partial charge in [0.05, 0.1) is 13.1 Å². The van der Waals surface area contributed by atoms with Crippen molar-refractivity contribution < 1.29 is 9.59 Å². The Balaban J connectivity index is 2.00. The molecule has 3 nitrogen and oxygen atoms in total. The minimum absolute atomic E-state index is 0.317. The summed E-state index contributed by atoms with van der Waals surface area (Å²) in [5.41, 5.74) is 0. The van der Waals surface area contributed by atoms with Crippen LogP contribution in [0.2, 0.25) is 0 Å². The summed E-state index contributed by atoms with van der Waals surface area (Å²) in [4.78, 5) is 4.69. The van der Waals surface area contributed by atoms with Gasteiger partial charge in [-0.1, -0.05) is 57.4 Å². The summed E-state index contributed by atoms with van der Waals surface area (Å²) >= 11 is 0. The Morgan fingerprint density at radius 2 is 1.58 bits per heavy atom. The molecule has 0 aliphatic carbocycles. The first-order valence-electron chi connectivity index (χ1n) is 10.4. The lowest BCUT2D eigenvalue weighted by Crippen LogP contribution is -2.56. The number of unbranched alkanes of at least 4 members (excludes halogenated alkanes) is 10. The van der Waals surface area contributed by atoms with E-state index in [1.54, 1.807) is 0 Å². The molecule has 1 aliphatic heterocycles. The number of aliphatic hydroxyl groups is 1. The van der Waals surface area contributed by atoms with Crippen LogP contribution >= 0.6 is 0 Å². The largest absolute Gasteiger partial charge is 0.345 e. The number of hydrogen-bond acceptors (Lipinski definition) is 2. The van der Waals surface area contributed by atoms with Crippen LogP contribution in [-0.2, 0) is 0 Å². The number of rotatable bonds is 15. The molecule has 1 rings (SSSR count). The zero-order valence-electron chi connectivity index (χ0n) is 16.3. The van der Waals surface area contributed by atoms with Crippen LogP contribution in [0.5, 0.6) is 0 Å². The molecule has 0 bridgehead atoms. The second-order valence-electron chi connectivity index (χ2n) is 7.37. The van der Waals surface area contributed by atoms with E-state index >= 15 is 0 Å². The number of likely N-dealkylation sites (N-methyl/N-ethyl adjacent to an activating group) is 1. The van der Waals surface area contributed by atoms with Crippen molar-refractivity contribution in [1.29, 1.82) is 0 Å². The molecule has 24 heavy (non-hydrogen) atoms. The van der Waals surface area contributed by atoms with Crippen LogP contribution in [0.15, 0.2) is 17.6 Å². The van der Waals surface area contributed by atoms with E-state index in [1.807, 2.05) is 13.0 Å². The number of quaternary nitrogens is 1. The summed E-state index contributed by atoms with van der Waals surface area (Å²) < 4.78 is 0.714. The summed E-state index contributed by atoms with van der Waals surface area (Å²) in [6, 6.07) is 0. The number of amidine groups is 1. The van der Waals surface area contributed by atoms with E-state index in [9.17, 15) is 5.11 Å². The quantitative estimate of drug-likeness (QED) is 0.241. The lowest BCUT2D eigenvalue weighted by atomic mass is 10.0. The number of aliphatic imine (C=N–C) groups is 1. The standard InChI is InChI=1S/C21H41N2O/c1-4-6-7-8-9-10-11-12-13-14-15-16-17-21-22-18-19-23(21,5-2)20(3)24/h4,20,24H,1,5-19H2,2-3H3/q+1. The van der Waals surface area contributed by atoms with E-state index in [2.05, 4.69) is 13.5 Å². The van der Waals surface area contributed by atoms with Crippen LogP contribution in [0.1, 0.15) is 90.9 Å². The molecule has 0 aromatic heterocycles. The van der Waals surface area contributed by atoms with Gasteiger partial charge < -0.3 is 5.11 Å². The van der Waals surface area contributed by atoms with Gasteiger partial charge in [0, 0.05) is 13.3 Å². The first-order chi connectivity index (χ1) is 11.7. The van der Waals surface area contributed by atoms with Gasteiger partial charge in [-0.05, 0) is 26.2 Å². The van der Waals surface area contributed by atoms with E-state index < -0.39 is 0 Å². The number of hydrogen-bond donors (Lipinski definition) is 1. The summed E-state index contributed by atoms with van der Waals surface area (Å²) in [6.07, 6.45) is 17.5. The Kier molecular flexibility index (Phi) is 11.3. The maximum atomic E-state index is 10.2. The predicted molar refractivity (Wildman–Crippen MR) is 105 cm³/mol. The predicted octanol–water partition coefficient (Wildman–Crippen LogP) is 5.44. The smallest absolute Gasteiger partial charge is 0.200 e. The monoisotopic (exact) mass is 337 g/mol. The van der Waals surface area contributed by atoms with Gasteiger partial charge in [0.1, 0.15) is 6.54 Å². The molecule has 2 atom stereocenters. The highest BCUT2D eigenvalue weighted by Gasteiger charge is 2.40. The fourth-order valence-corrected chi connectivity index (χ4v) is 3.92. The molecule has 0 fully saturated rings. The van der Waals surface area contributed by atoms with Crippen molar-refractivity contribution in [1.82, 2.24) is 0 Å². The Morgan fingerprint density at radius 1 is 1.04 bits per heavy atom. The molecule has 140 valence electrons. The average Bonchev–Trinajstić information content (AvgIpc) is 3.00. The molecule has 0 aromatic rings.